The van der Waals surface area contributed by atoms with Crippen LogP contribution in [0.1, 0.15) is 24.9 Å². The predicted molar refractivity (Wildman–Crippen MR) is 92.1 cm³/mol. The highest BCUT2D eigenvalue weighted by Gasteiger charge is 2.45. The molecule has 0 spiro atoms. The lowest BCUT2D eigenvalue weighted by Crippen LogP contribution is -2.54. The van der Waals surface area contributed by atoms with Gasteiger partial charge in [-0.2, -0.15) is 0 Å². The molecule has 138 valence electrons. The fourth-order valence-electron chi connectivity index (χ4n) is 4.38. The molecule has 1 amide bonds. The van der Waals surface area contributed by atoms with Crippen LogP contribution in [0.3, 0.4) is 0 Å². The molecule has 3 saturated heterocycles. The number of hydrogen-bond acceptors (Lipinski definition) is 5. The molecule has 1 aromatic rings. The molecule has 0 unspecified atom stereocenters. The fourth-order valence-corrected chi connectivity index (χ4v) is 4.38. The highest BCUT2D eigenvalue weighted by Crippen LogP contribution is 2.35. The summed E-state index contributed by atoms with van der Waals surface area (Å²) in [6.45, 7) is 8.03. The van der Waals surface area contributed by atoms with Gasteiger partial charge in [0.25, 0.3) is 0 Å². The molecule has 3 atom stereocenters. The zero-order valence-electron chi connectivity index (χ0n) is 15.0. The topological polar surface area (TPSA) is 55.2 Å². The minimum Gasteiger partial charge on any atom is -0.465 e. The Morgan fingerprint density at radius 3 is 2.72 bits per heavy atom. The van der Waals surface area contributed by atoms with E-state index in [0.29, 0.717) is 32.2 Å². The first-order chi connectivity index (χ1) is 12.2. The number of nitrogens with zero attached hydrogens (tertiary/aromatic N) is 2. The molecular weight excluding hydrogens is 320 g/mol. The van der Waals surface area contributed by atoms with E-state index in [1.165, 1.54) is 0 Å². The number of ether oxygens (including phenoxy) is 2. The molecule has 4 heterocycles. The Kier molecular flexibility index (Phi) is 5.10. The van der Waals surface area contributed by atoms with Crippen LogP contribution in [0, 0.1) is 11.8 Å². The van der Waals surface area contributed by atoms with Gasteiger partial charge in [0.15, 0.2) is 0 Å². The van der Waals surface area contributed by atoms with Crippen LogP contribution in [0.25, 0.3) is 0 Å². The molecule has 0 N–H and O–H groups in total. The second kappa shape index (κ2) is 7.48. The summed E-state index contributed by atoms with van der Waals surface area (Å²) >= 11 is 0. The first-order valence-corrected chi connectivity index (χ1v) is 9.52. The Morgan fingerprint density at radius 1 is 1.16 bits per heavy atom. The molecule has 0 aliphatic carbocycles. The van der Waals surface area contributed by atoms with Crippen LogP contribution in [0.4, 0.5) is 0 Å². The summed E-state index contributed by atoms with van der Waals surface area (Å²) in [4.78, 5) is 17.4. The molecule has 3 fully saturated rings. The summed E-state index contributed by atoms with van der Waals surface area (Å²) in [5, 5.41) is 0. The van der Waals surface area contributed by atoms with E-state index < -0.39 is 0 Å². The van der Waals surface area contributed by atoms with Crippen molar-refractivity contribution in [2.75, 3.05) is 46.0 Å². The molecule has 1 aromatic heterocycles. The summed E-state index contributed by atoms with van der Waals surface area (Å²) in [5.74, 6) is 2.66. The van der Waals surface area contributed by atoms with E-state index in [1.54, 1.807) is 0 Å². The molecule has 0 bridgehead atoms. The minimum absolute atomic E-state index is 0.0277. The molecular formula is C19H28N2O4. The van der Waals surface area contributed by atoms with Crippen LogP contribution in [0.15, 0.2) is 16.5 Å². The van der Waals surface area contributed by atoms with Crippen LogP contribution in [-0.2, 0) is 27.2 Å². The quantitative estimate of drug-likeness (QED) is 0.826. The van der Waals surface area contributed by atoms with E-state index in [0.717, 1.165) is 50.6 Å². The predicted octanol–water partition coefficient (Wildman–Crippen LogP) is 1.54. The van der Waals surface area contributed by atoms with Gasteiger partial charge >= 0.3 is 0 Å². The average molecular weight is 348 g/mol. The van der Waals surface area contributed by atoms with Gasteiger partial charge in [0.05, 0.1) is 31.8 Å². The maximum Gasteiger partial charge on any atom is 0.227 e. The third kappa shape index (κ3) is 3.61. The van der Waals surface area contributed by atoms with Crippen molar-refractivity contribution in [1.82, 2.24) is 9.80 Å². The van der Waals surface area contributed by atoms with E-state index in [1.807, 2.05) is 11.0 Å². The van der Waals surface area contributed by atoms with E-state index in [9.17, 15) is 4.79 Å². The number of furan rings is 1. The zero-order valence-corrected chi connectivity index (χ0v) is 15.0. The van der Waals surface area contributed by atoms with Gasteiger partial charge in [0, 0.05) is 45.1 Å². The van der Waals surface area contributed by atoms with Crippen LogP contribution in [0.5, 0.6) is 0 Å². The maximum absolute atomic E-state index is 13.1. The summed E-state index contributed by atoms with van der Waals surface area (Å²) in [6, 6.07) is 4.10. The molecule has 0 saturated carbocycles. The number of piperidine rings is 1. The smallest absolute Gasteiger partial charge is 0.227 e. The number of amides is 1. The monoisotopic (exact) mass is 348 g/mol. The van der Waals surface area contributed by atoms with Crippen molar-refractivity contribution in [2.45, 2.75) is 32.4 Å². The number of carbonyl (C=O) groups is 1. The Hall–Kier alpha value is -1.37. The van der Waals surface area contributed by atoms with Gasteiger partial charge in [0.1, 0.15) is 11.5 Å². The highest BCUT2D eigenvalue weighted by atomic mass is 16.5. The first-order valence-electron chi connectivity index (χ1n) is 9.52. The molecule has 3 aliphatic rings. The summed E-state index contributed by atoms with van der Waals surface area (Å²) < 4.78 is 17.2. The third-order valence-corrected chi connectivity index (χ3v) is 5.76. The van der Waals surface area contributed by atoms with Crippen molar-refractivity contribution < 1.29 is 18.7 Å². The van der Waals surface area contributed by atoms with Crippen molar-refractivity contribution in [2.24, 2.45) is 11.8 Å². The van der Waals surface area contributed by atoms with E-state index in [-0.39, 0.29) is 17.9 Å². The van der Waals surface area contributed by atoms with Gasteiger partial charge in [-0.1, -0.05) is 6.92 Å². The number of aryl methyl sites for hydroxylation is 1. The van der Waals surface area contributed by atoms with E-state index >= 15 is 0 Å². The number of carbonyl (C=O) groups excluding carboxylic acids is 1. The van der Waals surface area contributed by atoms with Gasteiger partial charge in [0.2, 0.25) is 5.91 Å². The summed E-state index contributed by atoms with van der Waals surface area (Å²) in [5.41, 5.74) is 0. The molecule has 0 radical (unpaired) electrons. The second-order valence-corrected chi connectivity index (χ2v) is 7.32. The fraction of sp³-hybridized carbons (Fsp3) is 0.737. The number of rotatable bonds is 4. The third-order valence-electron chi connectivity index (χ3n) is 5.76. The second-order valence-electron chi connectivity index (χ2n) is 7.32. The SMILES string of the molecule is CCc1ccc(CN2C[C@H]3OCC[C@H]3[C@H](C(=O)N3CCOCC3)C2)o1. The lowest BCUT2D eigenvalue weighted by atomic mass is 9.81. The maximum atomic E-state index is 13.1. The zero-order chi connectivity index (χ0) is 17.2. The van der Waals surface area contributed by atoms with Gasteiger partial charge < -0.3 is 18.8 Å². The highest BCUT2D eigenvalue weighted by molar-refractivity contribution is 5.79. The van der Waals surface area contributed by atoms with Crippen molar-refractivity contribution in [3.63, 3.8) is 0 Å². The van der Waals surface area contributed by atoms with Crippen molar-refractivity contribution in [3.05, 3.63) is 23.7 Å². The van der Waals surface area contributed by atoms with Crippen molar-refractivity contribution >= 4 is 5.91 Å². The molecule has 3 aliphatic heterocycles. The standard InChI is InChI=1S/C19H28N2O4/c1-2-14-3-4-15(25-14)11-20-12-17(16-5-8-24-18(16)13-20)19(22)21-6-9-23-10-7-21/h3-4,16-18H,2,5-13H2,1H3/t16-,17+,18+/m0/s1. The van der Waals surface area contributed by atoms with Crippen molar-refractivity contribution in [1.29, 1.82) is 0 Å². The Bertz CT molecular complexity index is 596. The Morgan fingerprint density at radius 2 is 1.96 bits per heavy atom. The first kappa shape index (κ1) is 17.1. The molecule has 6 heteroatoms. The number of fused-ring (bicyclic) bond motifs is 1. The largest absolute Gasteiger partial charge is 0.465 e. The van der Waals surface area contributed by atoms with Crippen LogP contribution in [-0.4, -0.2) is 67.8 Å². The summed E-state index contributed by atoms with van der Waals surface area (Å²) in [6.07, 6.45) is 2.08. The molecule has 0 aromatic carbocycles. The van der Waals surface area contributed by atoms with Crippen molar-refractivity contribution in [3.8, 4) is 0 Å². The number of morpholine rings is 1. The number of hydrogen-bond donors (Lipinski definition) is 0. The minimum atomic E-state index is 0.0277. The van der Waals surface area contributed by atoms with Gasteiger partial charge in [-0.25, -0.2) is 0 Å². The summed E-state index contributed by atoms with van der Waals surface area (Å²) in [7, 11) is 0. The Labute approximate surface area is 149 Å². The number of likely N-dealkylation sites (tertiary alicyclic amines) is 1. The van der Waals surface area contributed by atoms with Gasteiger partial charge in [-0.05, 0) is 18.6 Å². The van der Waals surface area contributed by atoms with Gasteiger partial charge in [-0.15, -0.1) is 0 Å². The van der Waals surface area contributed by atoms with Gasteiger partial charge in [-0.3, -0.25) is 9.69 Å². The lowest BCUT2D eigenvalue weighted by molar-refractivity contribution is -0.146. The normalized spacial score (nSPS) is 30.4. The molecule has 4 rings (SSSR count). The van der Waals surface area contributed by atoms with Crippen LogP contribution < -0.4 is 0 Å². The average Bonchev–Trinajstić information content (AvgIpc) is 3.30. The molecule has 6 nitrogen and oxygen atoms in total. The lowest BCUT2D eigenvalue weighted by Gasteiger charge is -2.41. The van der Waals surface area contributed by atoms with E-state index in [2.05, 4.69) is 17.9 Å². The van der Waals surface area contributed by atoms with Crippen LogP contribution in [0.2, 0.25) is 0 Å². The Balaban J connectivity index is 1.46. The van der Waals surface area contributed by atoms with E-state index in [4.69, 9.17) is 13.9 Å². The van der Waals surface area contributed by atoms with Crippen LogP contribution >= 0.6 is 0 Å². The molecule has 25 heavy (non-hydrogen) atoms.